The third-order valence-electron chi connectivity index (χ3n) is 4.79. The maximum atomic E-state index is 13.1. The highest BCUT2D eigenvalue weighted by atomic mass is 16.2. The van der Waals surface area contributed by atoms with Crippen molar-refractivity contribution >= 4 is 17.5 Å². The number of para-hydroxylation sites is 1. The van der Waals surface area contributed by atoms with Crippen molar-refractivity contribution < 1.29 is 4.79 Å². The number of likely N-dealkylation sites (N-methyl/N-ethyl adjacent to an activating group) is 1. The second kappa shape index (κ2) is 8.27. The van der Waals surface area contributed by atoms with Crippen LogP contribution in [-0.4, -0.2) is 60.0 Å². The monoisotopic (exact) mass is 353 g/mol. The molecule has 2 aromatic rings. The molecule has 1 aliphatic heterocycles. The molecule has 0 radical (unpaired) electrons. The van der Waals surface area contributed by atoms with E-state index >= 15 is 0 Å². The van der Waals surface area contributed by atoms with Gasteiger partial charge in [-0.1, -0.05) is 25.1 Å². The minimum Gasteiger partial charge on any atom is -0.338 e. The zero-order valence-electron chi connectivity index (χ0n) is 15.9. The number of carbonyl (C=O) groups is 1. The average Bonchev–Trinajstić information content (AvgIpc) is 2.69. The number of carbonyl (C=O) groups excluding carboxylic acids is 1. The third kappa shape index (κ3) is 4.02. The molecule has 0 spiro atoms. The predicted octanol–water partition coefficient (Wildman–Crippen LogP) is 2.59. The number of hydrogen-bond donors (Lipinski definition) is 0. The molecule has 1 aliphatic rings. The number of hydrogen-bond acceptors (Lipinski definition) is 5. The van der Waals surface area contributed by atoms with E-state index in [0.717, 1.165) is 44.1 Å². The second-order valence-electron chi connectivity index (χ2n) is 6.50. The fraction of sp³-hybridized carbons (Fsp3) is 0.450. The summed E-state index contributed by atoms with van der Waals surface area (Å²) in [5.74, 6) is 0.575. The Morgan fingerprint density at radius 2 is 1.77 bits per heavy atom. The van der Waals surface area contributed by atoms with Gasteiger partial charge in [0.1, 0.15) is 5.69 Å². The Hall–Kier alpha value is -2.47. The summed E-state index contributed by atoms with van der Waals surface area (Å²) in [7, 11) is 0. The van der Waals surface area contributed by atoms with Gasteiger partial charge in [-0.05, 0) is 38.6 Å². The van der Waals surface area contributed by atoms with Crippen LogP contribution in [0.1, 0.15) is 30.0 Å². The molecule has 6 nitrogen and oxygen atoms in total. The van der Waals surface area contributed by atoms with E-state index in [4.69, 9.17) is 0 Å². The normalized spacial score (nSPS) is 15.1. The van der Waals surface area contributed by atoms with Gasteiger partial charge in [0.2, 0.25) is 5.95 Å². The van der Waals surface area contributed by atoms with Crippen LogP contribution in [0.3, 0.4) is 0 Å². The molecule has 2 heterocycles. The Morgan fingerprint density at radius 3 is 2.38 bits per heavy atom. The van der Waals surface area contributed by atoms with Crippen molar-refractivity contribution in [3.63, 3.8) is 0 Å². The molecule has 3 rings (SSSR count). The van der Waals surface area contributed by atoms with Crippen LogP contribution >= 0.6 is 0 Å². The van der Waals surface area contributed by atoms with Gasteiger partial charge in [-0.25, -0.2) is 9.97 Å². The zero-order valence-corrected chi connectivity index (χ0v) is 15.9. The first-order valence-electron chi connectivity index (χ1n) is 9.32. The zero-order chi connectivity index (χ0) is 18.5. The average molecular weight is 353 g/mol. The first kappa shape index (κ1) is 18.3. The van der Waals surface area contributed by atoms with Crippen LogP contribution in [0.25, 0.3) is 0 Å². The number of aryl methyl sites for hydroxylation is 1. The molecule has 0 atom stereocenters. The lowest BCUT2D eigenvalue weighted by molar-refractivity contribution is 0.0983. The number of aromatic nitrogens is 2. The van der Waals surface area contributed by atoms with Crippen LogP contribution < -0.4 is 9.80 Å². The molecule has 0 N–H and O–H groups in total. The molecule has 6 heteroatoms. The van der Waals surface area contributed by atoms with Crippen LogP contribution in [0.2, 0.25) is 0 Å². The lowest BCUT2D eigenvalue weighted by Gasteiger charge is -2.34. The van der Waals surface area contributed by atoms with Crippen LogP contribution in [-0.2, 0) is 0 Å². The minimum absolute atomic E-state index is 0.0855. The fourth-order valence-corrected chi connectivity index (χ4v) is 3.26. The lowest BCUT2D eigenvalue weighted by atomic mass is 10.2. The summed E-state index contributed by atoms with van der Waals surface area (Å²) in [6.45, 7) is 11.5. The van der Waals surface area contributed by atoms with Gasteiger partial charge < -0.3 is 14.7 Å². The van der Waals surface area contributed by atoms with Gasteiger partial charge in [0.15, 0.2) is 0 Å². The summed E-state index contributed by atoms with van der Waals surface area (Å²) in [6.07, 6.45) is 0. The van der Waals surface area contributed by atoms with Crippen molar-refractivity contribution in [3.05, 3.63) is 47.8 Å². The van der Waals surface area contributed by atoms with E-state index in [2.05, 4.69) is 26.7 Å². The van der Waals surface area contributed by atoms with E-state index in [1.54, 1.807) is 11.0 Å². The van der Waals surface area contributed by atoms with E-state index in [1.807, 2.05) is 44.2 Å². The number of piperazine rings is 1. The van der Waals surface area contributed by atoms with Crippen molar-refractivity contribution in [1.29, 1.82) is 0 Å². The lowest BCUT2D eigenvalue weighted by Crippen LogP contribution is -2.47. The van der Waals surface area contributed by atoms with E-state index in [1.165, 1.54) is 0 Å². The number of benzene rings is 1. The van der Waals surface area contributed by atoms with E-state index in [0.29, 0.717) is 18.2 Å². The van der Waals surface area contributed by atoms with Crippen LogP contribution in [0.4, 0.5) is 11.6 Å². The number of rotatable bonds is 5. The molecule has 26 heavy (non-hydrogen) atoms. The molecule has 1 fully saturated rings. The van der Waals surface area contributed by atoms with Gasteiger partial charge in [-0.3, -0.25) is 4.79 Å². The molecule has 0 saturated carbocycles. The molecule has 1 amide bonds. The molecule has 1 saturated heterocycles. The van der Waals surface area contributed by atoms with Crippen LogP contribution in [0.5, 0.6) is 0 Å². The summed E-state index contributed by atoms with van der Waals surface area (Å²) in [5.41, 5.74) is 2.16. The largest absolute Gasteiger partial charge is 0.338 e. The SMILES string of the molecule is CCN1CCN(c2nc(C)cc(C(=O)N(CC)c3ccccc3)n2)CC1. The summed E-state index contributed by atoms with van der Waals surface area (Å²) in [6, 6.07) is 11.5. The first-order chi connectivity index (χ1) is 12.6. The Bertz CT molecular complexity index is 741. The highest BCUT2D eigenvalue weighted by molar-refractivity contribution is 6.04. The van der Waals surface area contributed by atoms with Crippen molar-refractivity contribution in [2.24, 2.45) is 0 Å². The van der Waals surface area contributed by atoms with Crippen molar-refractivity contribution in [2.45, 2.75) is 20.8 Å². The number of amides is 1. The van der Waals surface area contributed by atoms with Gasteiger partial charge in [-0.15, -0.1) is 0 Å². The molecule has 0 bridgehead atoms. The molecule has 0 aliphatic carbocycles. The molecule has 1 aromatic heterocycles. The minimum atomic E-state index is -0.0855. The quantitative estimate of drug-likeness (QED) is 0.827. The predicted molar refractivity (Wildman–Crippen MR) is 105 cm³/mol. The van der Waals surface area contributed by atoms with E-state index in [-0.39, 0.29) is 5.91 Å². The van der Waals surface area contributed by atoms with Crippen molar-refractivity contribution in [1.82, 2.24) is 14.9 Å². The van der Waals surface area contributed by atoms with Crippen molar-refractivity contribution in [3.8, 4) is 0 Å². The Balaban J connectivity index is 1.84. The van der Waals surface area contributed by atoms with Gasteiger partial charge in [0.05, 0.1) is 0 Å². The summed E-state index contributed by atoms with van der Waals surface area (Å²) in [4.78, 5) is 28.6. The highest BCUT2D eigenvalue weighted by Crippen LogP contribution is 2.18. The Morgan fingerprint density at radius 1 is 1.08 bits per heavy atom. The summed E-state index contributed by atoms with van der Waals surface area (Å²) >= 11 is 0. The molecule has 0 unspecified atom stereocenters. The standard InChI is InChI=1S/C20H27N5O/c1-4-23-11-13-24(14-12-23)20-21-16(3)15-18(22-20)19(26)25(5-2)17-9-7-6-8-10-17/h6-10,15H,4-5,11-14H2,1-3H3. The Kier molecular flexibility index (Phi) is 5.83. The first-order valence-corrected chi connectivity index (χ1v) is 9.32. The summed E-state index contributed by atoms with van der Waals surface area (Å²) in [5, 5.41) is 0. The maximum Gasteiger partial charge on any atom is 0.277 e. The summed E-state index contributed by atoms with van der Waals surface area (Å²) < 4.78 is 0. The molecular formula is C20H27N5O. The van der Waals surface area contributed by atoms with Gasteiger partial charge in [0, 0.05) is 44.1 Å². The molecular weight excluding hydrogens is 326 g/mol. The second-order valence-corrected chi connectivity index (χ2v) is 6.50. The van der Waals surface area contributed by atoms with Gasteiger partial charge >= 0.3 is 0 Å². The van der Waals surface area contributed by atoms with Gasteiger partial charge in [0.25, 0.3) is 5.91 Å². The van der Waals surface area contributed by atoms with Crippen molar-refractivity contribution in [2.75, 3.05) is 49.1 Å². The topological polar surface area (TPSA) is 52.6 Å². The molecule has 138 valence electrons. The van der Waals surface area contributed by atoms with E-state index < -0.39 is 0 Å². The fourth-order valence-electron chi connectivity index (χ4n) is 3.26. The van der Waals surface area contributed by atoms with Gasteiger partial charge in [-0.2, -0.15) is 0 Å². The van der Waals surface area contributed by atoms with Crippen LogP contribution in [0, 0.1) is 6.92 Å². The smallest absolute Gasteiger partial charge is 0.277 e. The maximum absolute atomic E-state index is 13.1. The number of anilines is 2. The molecule has 1 aromatic carbocycles. The third-order valence-corrected chi connectivity index (χ3v) is 4.79. The number of nitrogens with zero attached hydrogens (tertiary/aromatic N) is 5. The van der Waals surface area contributed by atoms with Crippen LogP contribution in [0.15, 0.2) is 36.4 Å². The highest BCUT2D eigenvalue weighted by Gasteiger charge is 2.22. The van der Waals surface area contributed by atoms with E-state index in [9.17, 15) is 4.79 Å². The Labute approximate surface area is 155 Å².